The number of thiophene rings is 1. The first-order valence-corrected chi connectivity index (χ1v) is 7.54. The van der Waals surface area contributed by atoms with E-state index in [2.05, 4.69) is 0 Å². The van der Waals surface area contributed by atoms with Crippen molar-refractivity contribution in [3.8, 4) is 5.75 Å². The molecule has 0 saturated heterocycles. The Morgan fingerprint density at radius 1 is 1.11 bits per heavy atom. The molecule has 1 aromatic heterocycles. The van der Waals surface area contributed by atoms with Crippen LogP contribution in [0.2, 0.25) is 14.4 Å². The van der Waals surface area contributed by atoms with Gasteiger partial charge in [-0.25, -0.2) is 0 Å². The summed E-state index contributed by atoms with van der Waals surface area (Å²) in [7, 11) is 0. The Balaban J connectivity index is 2.26. The van der Waals surface area contributed by atoms with E-state index in [0.717, 1.165) is 4.88 Å². The van der Waals surface area contributed by atoms with Gasteiger partial charge in [0.2, 0.25) is 0 Å². The topological polar surface area (TPSA) is 35.2 Å². The fourth-order valence-corrected chi connectivity index (χ4v) is 3.36. The molecule has 2 N–H and O–H groups in total. The van der Waals surface area contributed by atoms with Gasteiger partial charge in [-0.3, -0.25) is 0 Å². The SMILES string of the molecule is CC(N)C(Oc1cc(Cl)cc(Cl)c1)c1ccc(Cl)s1. The van der Waals surface area contributed by atoms with Gasteiger partial charge in [0.25, 0.3) is 0 Å². The minimum absolute atomic E-state index is 0.188. The van der Waals surface area contributed by atoms with E-state index in [4.69, 9.17) is 45.3 Å². The molecule has 2 atom stereocenters. The van der Waals surface area contributed by atoms with Gasteiger partial charge in [-0.2, -0.15) is 0 Å². The van der Waals surface area contributed by atoms with E-state index in [1.54, 1.807) is 18.2 Å². The van der Waals surface area contributed by atoms with Crippen LogP contribution in [-0.2, 0) is 0 Å². The smallest absolute Gasteiger partial charge is 0.148 e. The van der Waals surface area contributed by atoms with Gasteiger partial charge in [-0.15, -0.1) is 11.3 Å². The largest absolute Gasteiger partial charge is 0.483 e. The molecule has 1 heterocycles. The molecule has 0 aliphatic heterocycles. The molecule has 0 saturated carbocycles. The third-order valence-electron chi connectivity index (χ3n) is 2.45. The number of hydrogen-bond donors (Lipinski definition) is 1. The molecule has 2 unspecified atom stereocenters. The molecule has 1 aromatic carbocycles. The van der Waals surface area contributed by atoms with E-state index in [1.807, 2.05) is 19.1 Å². The zero-order chi connectivity index (χ0) is 14.0. The Morgan fingerprint density at radius 2 is 1.74 bits per heavy atom. The van der Waals surface area contributed by atoms with Crippen LogP contribution in [0.4, 0.5) is 0 Å². The van der Waals surface area contributed by atoms with Crippen LogP contribution in [0.15, 0.2) is 30.3 Å². The van der Waals surface area contributed by atoms with E-state index in [9.17, 15) is 0 Å². The normalized spacial score (nSPS) is 14.2. The average Bonchev–Trinajstić information content (AvgIpc) is 2.70. The lowest BCUT2D eigenvalue weighted by Crippen LogP contribution is -2.28. The number of hydrogen-bond acceptors (Lipinski definition) is 3. The Hall–Kier alpha value is -0.450. The second-order valence-corrected chi connectivity index (χ2v) is 6.76. The summed E-state index contributed by atoms with van der Waals surface area (Å²) in [5.74, 6) is 0.587. The third-order valence-corrected chi connectivity index (χ3v) is 4.18. The molecule has 6 heteroatoms. The first kappa shape index (κ1) is 14.9. The fraction of sp³-hybridized carbons (Fsp3) is 0.231. The van der Waals surface area contributed by atoms with Crippen LogP contribution >= 0.6 is 46.1 Å². The van der Waals surface area contributed by atoms with Crippen LogP contribution in [0.5, 0.6) is 5.75 Å². The van der Waals surface area contributed by atoms with Crippen LogP contribution in [0.25, 0.3) is 0 Å². The van der Waals surface area contributed by atoms with Gasteiger partial charge in [0, 0.05) is 21.0 Å². The standard InChI is InChI=1S/C13H12Cl3NOS/c1-7(17)13(11-2-3-12(16)19-11)18-10-5-8(14)4-9(15)6-10/h2-7,13H,17H2,1H3. The highest BCUT2D eigenvalue weighted by molar-refractivity contribution is 7.16. The van der Waals surface area contributed by atoms with Gasteiger partial charge in [-0.05, 0) is 37.3 Å². The predicted octanol–water partition coefficient (Wildman–Crippen LogP) is 5.18. The van der Waals surface area contributed by atoms with Crippen molar-refractivity contribution in [3.63, 3.8) is 0 Å². The number of ether oxygens (including phenoxy) is 1. The highest BCUT2D eigenvalue weighted by Crippen LogP contribution is 2.33. The first-order chi connectivity index (χ1) is 8.95. The Labute approximate surface area is 131 Å². The van der Waals surface area contributed by atoms with Crippen LogP contribution in [0.1, 0.15) is 17.9 Å². The lowest BCUT2D eigenvalue weighted by atomic mass is 10.1. The van der Waals surface area contributed by atoms with E-state index in [-0.39, 0.29) is 12.1 Å². The Kier molecular flexibility index (Phi) is 4.98. The summed E-state index contributed by atoms with van der Waals surface area (Å²) in [5, 5.41) is 1.05. The lowest BCUT2D eigenvalue weighted by Gasteiger charge is -2.21. The molecule has 0 fully saturated rings. The van der Waals surface area contributed by atoms with Crippen molar-refractivity contribution in [2.75, 3.05) is 0 Å². The number of halogens is 3. The molecular formula is C13H12Cl3NOS. The summed E-state index contributed by atoms with van der Waals surface area (Å²) < 4.78 is 6.60. The van der Waals surface area contributed by atoms with Crippen molar-refractivity contribution in [2.24, 2.45) is 5.73 Å². The molecule has 0 amide bonds. The predicted molar refractivity (Wildman–Crippen MR) is 82.8 cm³/mol. The van der Waals surface area contributed by atoms with Gasteiger partial charge in [0.15, 0.2) is 0 Å². The molecule has 102 valence electrons. The van der Waals surface area contributed by atoms with Crippen LogP contribution in [0, 0.1) is 0 Å². The maximum Gasteiger partial charge on any atom is 0.148 e. The van der Waals surface area contributed by atoms with Crippen molar-refractivity contribution in [2.45, 2.75) is 19.1 Å². The molecule has 0 radical (unpaired) electrons. The van der Waals surface area contributed by atoms with Gasteiger partial charge >= 0.3 is 0 Å². The van der Waals surface area contributed by atoms with Crippen molar-refractivity contribution in [1.29, 1.82) is 0 Å². The molecule has 2 nitrogen and oxygen atoms in total. The summed E-state index contributed by atoms with van der Waals surface area (Å²) in [4.78, 5) is 0.969. The van der Waals surface area contributed by atoms with Crippen LogP contribution in [0.3, 0.4) is 0 Å². The molecule has 2 aromatic rings. The van der Waals surface area contributed by atoms with E-state index in [0.29, 0.717) is 20.1 Å². The lowest BCUT2D eigenvalue weighted by molar-refractivity contribution is 0.184. The van der Waals surface area contributed by atoms with Crippen LogP contribution in [-0.4, -0.2) is 6.04 Å². The molecule has 0 spiro atoms. The summed E-state index contributed by atoms with van der Waals surface area (Å²) in [6.45, 7) is 1.88. The summed E-state index contributed by atoms with van der Waals surface area (Å²) in [6.07, 6.45) is -0.285. The number of rotatable bonds is 4. The minimum atomic E-state index is -0.285. The van der Waals surface area contributed by atoms with Gasteiger partial charge < -0.3 is 10.5 Å². The van der Waals surface area contributed by atoms with Gasteiger partial charge in [0.1, 0.15) is 11.9 Å². The highest BCUT2D eigenvalue weighted by Gasteiger charge is 2.20. The second kappa shape index (κ2) is 6.33. The summed E-state index contributed by atoms with van der Waals surface area (Å²) in [5.41, 5.74) is 5.97. The average molecular weight is 337 g/mol. The van der Waals surface area contributed by atoms with Crippen molar-refractivity contribution in [1.82, 2.24) is 0 Å². The molecule has 0 bridgehead atoms. The van der Waals surface area contributed by atoms with Crippen LogP contribution < -0.4 is 10.5 Å². The minimum Gasteiger partial charge on any atom is -0.483 e. The summed E-state index contributed by atoms with van der Waals surface area (Å²) >= 11 is 19.3. The van der Waals surface area contributed by atoms with Gasteiger partial charge in [-0.1, -0.05) is 34.8 Å². The van der Waals surface area contributed by atoms with Gasteiger partial charge in [0.05, 0.1) is 4.34 Å². The van der Waals surface area contributed by atoms with Crippen molar-refractivity contribution >= 4 is 46.1 Å². The number of benzene rings is 1. The zero-order valence-electron chi connectivity index (χ0n) is 10.1. The number of nitrogens with two attached hydrogens (primary N) is 1. The maximum absolute atomic E-state index is 5.97. The quantitative estimate of drug-likeness (QED) is 0.835. The maximum atomic E-state index is 5.97. The molecular weight excluding hydrogens is 325 g/mol. The zero-order valence-corrected chi connectivity index (χ0v) is 13.2. The third kappa shape index (κ3) is 4.01. The molecule has 19 heavy (non-hydrogen) atoms. The molecule has 0 aliphatic rings. The monoisotopic (exact) mass is 335 g/mol. The van der Waals surface area contributed by atoms with Crippen molar-refractivity contribution < 1.29 is 4.74 Å². The Morgan fingerprint density at radius 3 is 2.21 bits per heavy atom. The molecule has 0 aliphatic carbocycles. The van der Waals surface area contributed by atoms with E-state index in [1.165, 1.54) is 11.3 Å². The van der Waals surface area contributed by atoms with E-state index < -0.39 is 0 Å². The molecule has 2 rings (SSSR count). The highest BCUT2D eigenvalue weighted by atomic mass is 35.5. The summed E-state index contributed by atoms with van der Waals surface area (Å²) in [6, 6.07) is 8.61. The van der Waals surface area contributed by atoms with E-state index >= 15 is 0 Å². The van der Waals surface area contributed by atoms with Crippen molar-refractivity contribution in [3.05, 3.63) is 49.6 Å². The first-order valence-electron chi connectivity index (χ1n) is 5.59. The second-order valence-electron chi connectivity index (χ2n) is 4.14. The fourth-order valence-electron chi connectivity index (χ4n) is 1.65. The Bertz CT molecular complexity index is 551.